The number of sulfone groups is 2. The van der Waals surface area contributed by atoms with Crippen molar-refractivity contribution >= 4 is 180 Å². The Hall–Kier alpha value is -0.929. The molecular weight excluding hydrogens is 1450 g/mol. The van der Waals surface area contributed by atoms with E-state index in [1.165, 1.54) is 0 Å². The largest absolute Gasteiger partial charge is 0.434 e. The highest BCUT2D eigenvalue weighted by atomic mass is 127. The predicted octanol–water partition coefficient (Wildman–Crippen LogP) is 9.80. The van der Waals surface area contributed by atoms with E-state index < -0.39 is 44.1 Å². The zero-order valence-corrected chi connectivity index (χ0v) is 56.9. The molecule has 0 aromatic carbocycles. The van der Waals surface area contributed by atoms with E-state index in [-0.39, 0.29) is 46.5 Å². The summed E-state index contributed by atoms with van der Waals surface area (Å²) in [6, 6.07) is 7.83. The SMILES string of the molecule is CC(C)(C)[Si](C)(C)O[C@@H]1CO[C@H]2[C@@H]1OC[C@H]2Oc1[nH]c2cc(Cl)c(I)nc2[n+]1COCC[Si](C)(C)C.CS(=O)(=O)c1nc2nc(I)c(Cl)cc2[nH]1.C[Si](C)(C)CCOC[n+]1c(S(C)(=O)=O)[nH]c2cc(Cl)c(I)nc21. The number of ether oxygens (including phenoxy) is 5. The first-order chi connectivity index (χ1) is 34.0. The van der Waals surface area contributed by atoms with Crippen LogP contribution in [0.2, 0.25) is 84.6 Å². The van der Waals surface area contributed by atoms with Gasteiger partial charge in [0.25, 0.3) is 0 Å². The molecule has 0 unspecified atom stereocenters. The number of aromatic amines is 3. The van der Waals surface area contributed by atoms with Crippen LogP contribution in [-0.4, -0.2) is 140 Å². The van der Waals surface area contributed by atoms with E-state index in [1.54, 1.807) is 16.7 Å². The number of nitrogens with one attached hydrogen (secondary N) is 3. The molecule has 4 atom stereocenters. The van der Waals surface area contributed by atoms with Gasteiger partial charge in [-0.2, -0.15) is 14.1 Å². The van der Waals surface area contributed by atoms with Crippen molar-refractivity contribution in [3.8, 4) is 6.01 Å². The summed E-state index contributed by atoms with van der Waals surface area (Å²) in [6.45, 7) is 27.8. The van der Waals surface area contributed by atoms with Gasteiger partial charge in [-0.15, -0.1) is 0 Å². The van der Waals surface area contributed by atoms with Gasteiger partial charge in [-0.05, 0) is 58.9 Å². The molecule has 3 N–H and O–H groups in total. The Kier molecular flexibility index (Phi) is 20.6. The van der Waals surface area contributed by atoms with Crippen LogP contribution in [0.3, 0.4) is 0 Å². The molecule has 0 amide bonds. The summed E-state index contributed by atoms with van der Waals surface area (Å²) in [5.74, 6) is 0. The maximum Gasteiger partial charge on any atom is 0.400 e. The van der Waals surface area contributed by atoms with E-state index in [1.807, 2.05) is 55.8 Å². The van der Waals surface area contributed by atoms with Crippen LogP contribution in [0.5, 0.6) is 6.01 Å². The molecule has 8 heterocycles. The maximum atomic E-state index is 12.0. The molecule has 0 aliphatic carbocycles. The zero-order chi connectivity index (χ0) is 55.1. The van der Waals surface area contributed by atoms with Crippen LogP contribution in [0.1, 0.15) is 20.8 Å². The van der Waals surface area contributed by atoms with Crippen LogP contribution in [0, 0.1) is 11.1 Å². The first-order valence-electron chi connectivity index (χ1n) is 23.4. The zero-order valence-electron chi connectivity index (χ0n) is 43.5. The third-order valence-corrected chi connectivity index (χ3v) is 26.4. The summed E-state index contributed by atoms with van der Waals surface area (Å²) < 4.78 is 89.2. The van der Waals surface area contributed by atoms with Crippen LogP contribution < -0.4 is 13.9 Å². The second kappa shape index (κ2) is 24.4. The Balaban J connectivity index is 0.000000200. The monoisotopic (exact) mass is 1510 g/mol. The Labute approximate surface area is 491 Å². The van der Waals surface area contributed by atoms with Crippen molar-refractivity contribution in [3.63, 3.8) is 0 Å². The Morgan fingerprint density at radius 1 is 0.662 bits per heavy atom. The number of H-pyrrole nitrogens is 3. The van der Waals surface area contributed by atoms with Crippen molar-refractivity contribution in [1.82, 2.24) is 34.9 Å². The molecule has 2 aliphatic heterocycles. The van der Waals surface area contributed by atoms with Crippen LogP contribution in [-0.2, 0) is 56.5 Å². The van der Waals surface area contributed by atoms with Crippen LogP contribution >= 0.6 is 103 Å². The number of pyridine rings is 3. The highest BCUT2D eigenvalue weighted by Crippen LogP contribution is 2.41. The Bertz CT molecular complexity index is 3190. The lowest BCUT2D eigenvalue weighted by atomic mass is 10.1. The predicted molar refractivity (Wildman–Crippen MR) is 320 cm³/mol. The molecule has 0 saturated carbocycles. The number of hydrogen-bond acceptors (Lipinski definition) is 14. The molecule has 410 valence electrons. The van der Waals surface area contributed by atoms with E-state index in [0.29, 0.717) is 84.0 Å². The quantitative estimate of drug-likeness (QED) is 0.0269. The van der Waals surface area contributed by atoms with Gasteiger partial charge in [-0.1, -0.05) is 105 Å². The fraction of sp³-hybridized carbons (Fsp3) is 0.591. The van der Waals surface area contributed by atoms with E-state index in [2.05, 4.69) is 126 Å². The lowest BCUT2D eigenvalue weighted by Gasteiger charge is -2.39. The molecule has 2 saturated heterocycles. The van der Waals surface area contributed by atoms with Gasteiger partial charge < -0.3 is 33.1 Å². The molecule has 2 aliphatic rings. The molecule has 0 spiro atoms. The lowest BCUT2D eigenvalue weighted by molar-refractivity contribution is -0.745. The molecule has 8 rings (SSSR count). The summed E-state index contributed by atoms with van der Waals surface area (Å²) in [4.78, 5) is 25.9. The summed E-state index contributed by atoms with van der Waals surface area (Å²) in [6.07, 6.45) is 1.57. The maximum absolute atomic E-state index is 12.0. The molecule has 6 aromatic rings. The average molecular weight is 1520 g/mol. The first-order valence-corrected chi connectivity index (χ1v) is 41.9. The third-order valence-electron chi connectivity index (χ3n) is 12.3. The minimum Gasteiger partial charge on any atom is -0.434 e. The Morgan fingerprint density at radius 3 is 1.62 bits per heavy atom. The fourth-order valence-corrected chi connectivity index (χ4v) is 13.0. The van der Waals surface area contributed by atoms with Gasteiger partial charge in [0, 0.05) is 99.2 Å². The van der Waals surface area contributed by atoms with Crippen molar-refractivity contribution in [1.29, 1.82) is 0 Å². The molecule has 19 nitrogen and oxygen atoms in total. The van der Waals surface area contributed by atoms with Crippen molar-refractivity contribution in [2.45, 2.75) is 138 Å². The summed E-state index contributed by atoms with van der Waals surface area (Å²) in [7, 11) is -11.1. The number of imidazole rings is 3. The topological polar surface area (TPSA) is 230 Å². The van der Waals surface area contributed by atoms with Crippen molar-refractivity contribution in [2.75, 3.05) is 38.9 Å². The standard InChI is InChI=1S/C24H39ClIN3O5Si2.C13H19ClIN3O3SSi.C7H5ClIN3O2S/c1-24(2,3)36(7,8)34-18-13-32-19-17(12-31-20(18)19)33-23-27-16-11-15(25)21(26)28-22(16)29(23)14-30-9-10-35(4,5)6;1-22(19,20)13-16-10-7-9(14)11(15)17-12(10)18(13)8-21-5-6-23(2,3)4;1-15(13,14)7-10-4-2-3(8)5(9)11-6(4)12-7/h11,17-20H,9-10,12-14H2,1-8H3;7H,5-6,8H2,1-4H3;2H,1H3,(H,10,11,12)/p+2/t17-,18-,19-,20-;;/m1../s1. The van der Waals surface area contributed by atoms with Gasteiger partial charge in [-0.3, -0.25) is 4.98 Å². The van der Waals surface area contributed by atoms with E-state index in [9.17, 15) is 16.8 Å². The minimum absolute atomic E-state index is 0.0751. The number of halogens is 6. The van der Waals surface area contributed by atoms with Crippen LogP contribution in [0.4, 0.5) is 0 Å². The van der Waals surface area contributed by atoms with Crippen LogP contribution in [0.15, 0.2) is 28.5 Å². The van der Waals surface area contributed by atoms with Gasteiger partial charge >= 0.3 is 22.5 Å². The van der Waals surface area contributed by atoms with Gasteiger partial charge in [0.1, 0.15) is 15.9 Å². The lowest BCUT2D eigenvalue weighted by Crippen LogP contribution is -2.47. The van der Waals surface area contributed by atoms with E-state index >= 15 is 0 Å². The molecule has 30 heteroatoms. The molecule has 2 fully saturated rings. The number of rotatable bonds is 16. The summed E-state index contributed by atoms with van der Waals surface area (Å²) in [5.41, 5.74) is 3.50. The van der Waals surface area contributed by atoms with Gasteiger partial charge in [-0.25, -0.2) is 26.8 Å². The first kappa shape index (κ1) is 62.3. The highest BCUT2D eigenvalue weighted by Gasteiger charge is 2.53. The molecule has 0 bridgehead atoms. The minimum atomic E-state index is -3.44. The van der Waals surface area contributed by atoms with E-state index in [0.717, 1.165) is 39.5 Å². The van der Waals surface area contributed by atoms with Gasteiger partial charge in [0.05, 0.1) is 39.9 Å². The van der Waals surface area contributed by atoms with Crippen LogP contribution in [0.25, 0.3) is 33.5 Å². The smallest absolute Gasteiger partial charge is 0.400 e. The molecule has 6 aromatic heterocycles. The van der Waals surface area contributed by atoms with Gasteiger partial charge in [0.2, 0.25) is 24.8 Å². The normalized spacial score (nSPS) is 18.7. The number of hydrogen-bond donors (Lipinski definition) is 3. The summed E-state index contributed by atoms with van der Waals surface area (Å²) in [5, 5.41) is 1.64. The second-order valence-electron chi connectivity index (χ2n) is 22.1. The molecule has 74 heavy (non-hydrogen) atoms. The summed E-state index contributed by atoms with van der Waals surface area (Å²) >= 11 is 24.4. The van der Waals surface area contributed by atoms with E-state index in [4.69, 9.17) is 67.9 Å². The fourth-order valence-electron chi connectivity index (χ4n) is 7.14. The number of aromatic nitrogens is 9. The number of fused-ring (bicyclic) bond motifs is 4. The average Bonchev–Trinajstić information content (AvgIpc) is 4.09. The third kappa shape index (κ3) is 16.1. The van der Waals surface area contributed by atoms with Crippen molar-refractivity contribution < 1.29 is 54.1 Å². The Morgan fingerprint density at radius 2 is 1.12 bits per heavy atom. The van der Waals surface area contributed by atoms with Crippen molar-refractivity contribution in [2.24, 2.45) is 0 Å². The second-order valence-corrected chi connectivity index (χ2v) is 46.2. The molecule has 0 radical (unpaired) electrons. The van der Waals surface area contributed by atoms with Crippen molar-refractivity contribution in [3.05, 3.63) is 44.4 Å². The number of nitrogens with zero attached hydrogens (tertiary/aromatic N) is 6. The highest BCUT2D eigenvalue weighted by molar-refractivity contribution is 14.1. The molecular formula is C44H65Cl3I3N9O10S2Si3+2. The van der Waals surface area contributed by atoms with Gasteiger partial charge in [0.15, 0.2) is 52.0 Å².